The number of piperidine rings is 1. The van der Waals surface area contributed by atoms with Crippen LogP contribution >= 0.6 is 12.2 Å². The Morgan fingerprint density at radius 2 is 1.60 bits per heavy atom. The first-order valence-corrected chi connectivity index (χ1v) is 11.0. The summed E-state index contributed by atoms with van der Waals surface area (Å²) in [5.74, 6) is -0.0558. The molecule has 1 amide bonds. The largest absolute Gasteiger partial charge is 0.306 e. The van der Waals surface area contributed by atoms with Crippen molar-refractivity contribution in [3.63, 3.8) is 0 Å². The number of benzene rings is 2. The van der Waals surface area contributed by atoms with Crippen LogP contribution in [0.1, 0.15) is 55.1 Å². The molecular formula is C25H29N3OS. The number of nitrogens with zero attached hydrogens (tertiary/aromatic N) is 3. The number of carbonyl (C=O) groups is 1. The highest BCUT2D eigenvalue weighted by Crippen LogP contribution is 2.38. The van der Waals surface area contributed by atoms with Gasteiger partial charge in [0.05, 0.1) is 0 Å². The van der Waals surface area contributed by atoms with Gasteiger partial charge >= 0.3 is 0 Å². The third-order valence-corrected chi connectivity index (χ3v) is 6.55. The van der Waals surface area contributed by atoms with Gasteiger partial charge in [0, 0.05) is 37.1 Å². The number of thiocarbonyl (C=S) groups is 1. The minimum Gasteiger partial charge on any atom is -0.306 e. The van der Waals surface area contributed by atoms with Crippen LogP contribution < -0.4 is 0 Å². The molecular weight excluding hydrogens is 390 g/mol. The van der Waals surface area contributed by atoms with Crippen molar-refractivity contribution in [1.82, 2.24) is 9.80 Å². The van der Waals surface area contributed by atoms with Crippen LogP contribution in [0.4, 0.5) is 0 Å². The van der Waals surface area contributed by atoms with E-state index in [0.29, 0.717) is 10.6 Å². The third kappa shape index (κ3) is 3.72. The van der Waals surface area contributed by atoms with Crippen LogP contribution in [-0.4, -0.2) is 52.2 Å². The van der Waals surface area contributed by atoms with Crippen LogP contribution in [0.25, 0.3) is 0 Å². The molecule has 0 aromatic heterocycles. The Morgan fingerprint density at radius 1 is 1.00 bits per heavy atom. The summed E-state index contributed by atoms with van der Waals surface area (Å²) in [7, 11) is 2.11. The Kier molecular flexibility index (Phi) is 5.37. The molecule has 1 saturated heterocycles. The molecule has 2 aliphatic rings. The summed E-state index contributed by atoms with van der Waals surface area (Å²) in [4.78, 5) is 23.4. The Bertz CT molecular complexity index is 981. The predicted octanol–water partition coefficient (Wildman–Crippen LogP) is 4.68. The van der Waals surface area contributed by atoms with Gasteiger partial charge in [0.1, 0.15) is 16.4 Å². The van der Waals surface area contributed by atoms with Crippen molar-refractivity contribution in [2.24, 2.45) is 4.99 Å². The molecule has 0 aliphatic carbocycles. The van der Waals surface area contributed by atoms with Crippen LogP contribution in [-0.2, 0) is 5.41 Å². The van der Waals surface area contributed by atoms with Crippen molar-refractivity contribution in [2.75, 3.05) is 20.1 Å². The summed E-state index contributed by atoms with van der Waals surface area (Å²) in [5.41, 5.74) is 3.05. The van der Waals surface area contributed by atoms with Gasteiger partial charge in [-0.25, -0.2) is 0 Å². The lowest BCUT2D eigenvalue weighted by molar-refractivity contribution is 0.0571. The number of amides is 1. The molecule has 2 aliphatic heterocycles. The lowest BCUT2D eigenvalue weighted by Crippen LogP contribution is -2.54. The third-order valence-electron chi connectivity index (χ3n) is 6.18. The molecule has 5 heteroatoms. The molecule has 30 heavy (non-hydrogen) atoms. The number of aliphatic imine (C=N–C) groups is 1. The molecule has 0 atom stereocenters. The quantitative estimate of drug-likeness (QED) is 0.663. The predicted molar refractivity (Wildman–Crippen MR) is 126 cm³/mol. The molecule has 2 aromatic rings. The van der Waals surface area contributed by atoms with Crippen molar-refractivity contribution in [2.45, 2.75) is 44.7 Å². The fourth-order valence-electron chi connectivity index (χ4n) is 4.22. The van der Waals surface area contributed by atoms with Crippen LogP contribution in [0.2, 0.25) is 0 Å². The lowest BCUT2D eigenvalue weighted by Gasteiger charge is -2.41. The summed E-state index contributed by atoms with van der Waals surface area (Å²) in [6.07, 6.45) is 1.57. The summed E-state index contributed by atoms with van der Waals surface area (Å²) < 4.78 is 0. The number of rotatable bonds is 2. The van der Waals surface area contributed by atoms with Crippen LogP contribution in [0.3, 0.4) is 0 Å². The maximum Gasteiger partial charge on any atom is 0.260 e. The average molecular weight is 420 g/mol. The first kappa shape index (κ1) is 20.9. The van der Waals surface area contributed by atoms with Crippen LogP contribution in [0.5, 0.6) is 0 Å². The Morgan fingerprint density at radius 3 is 2.17 bits per heavy atom. The van der Waals surface area contributed by atoms with Crippen molar-refractivity contribution in [3.05, 3.63) is 71.3 Å². The highest BCUT2D eigenvalue weighted by atomic mass is 32.1. The van der Waals surface area contributed by atoms with Gasteiger partial charge in [-0.15, -0.1) is 0 Å². The standard InChI is InChI=1S/C25H29N3OS/c1-24(2,3)20-12-10-19(11-13-20)22(29)28-23(30)21(18-8-6-5-7-9-18)26-25(28)14-16-27(4)17-15-25/h5-13H,14-17H2,1-4H3. The van der Waals surface area contributed by atoms with Gasteiger partial charge in [0.15, 0.2) is 0 Å². The topological polar surface area (TPSA) is 35.9 Å². The van der Waals surface area contributed by atoms with Gasteiger partial charge in [0.2, 0.25) is 0 Å². The van der Waals surface area contributed by atoms with Crippen molar-refractivity contribution >= 4 is 28.8 Å². The van der Waals surface area contributed by atoms with E-state index in [2.05, 4.69) is 32.7 Å². The van der Waals surface area contributed by atoms with E-state index in [4.69, 9.17) is 17.2 Å². The molecule has 0 saturated carbocycles. The summed E-state index contributed by atoms with van der Waals surface area (Å²) in [5, 5.41) is 0. The summed E-state index contributed by atoms with van der Waals surface area (Å²) in [6.45, 7) is 8.30. The van der Waals surface area contributed by atoms with E-state index >= 15 is 0 Å². The van der Waals surface area contributed by atoms with E-state index in [9.17, 15) is 4.79 Å². The minimum absolute atomic E-state index is 0.0449. The summed E-state index contributed by atoms with van der Waals surface area (Å²) >= 11 is 5.85. The molecule has 4 nitrogen and oxygen atoms in total. The molecule has 0 N–H and O–H groups in total. The zero-order valence-corrected chi connectivity index (χ0v) is 19.0. The molecule has 0 radical (unpaired) electrons. The molecule has 4 rings (SSSR count). The maximum atomic E-state index is 13.7. The zero-order chi connectivity index (χ0) is 21.5. The van der Waals surface area contributed by atoms with Gasteiger partial charge in [-0.3, -0.25) is 14.7 Å². The second-order valence-electron chi connectivity index (χ2n) is 9.39. The molecule has 0 unspecified atom stereocenters. The monoisotopic (exact) mass is 419 g/mol. The number of hydrogen-bond acceptors (Lipinski definition) is 4. The van der Waals surface area contributed by atoms with E-state index in [0.717, 1.165) is 37.2 Å². The molecule has 156 valence electrons. The highest BCUT2D eigenvalue weighted by Gasteiger charge is 2.49. The zero-order valence-electron chi connectivity index (χ0n) is 18.2. The fraction of sp³-hybridized carbons (Fsp3) is 0.400. The van der Waals surface area contributed by atoms with E-state index in [1.54, 1.807) is 4.90 Å². The van der Waals surface area contributed by atoms with Gasteiger partial charge < -0.3 is 4.90 Å². The van der Waals surface area contributed by atoms with Crippen molar-refractivity contribution < 1.29 is 4.79 Å². The smallest absolute Gasteiger partial charge is 0.260 e. The molecule has 2 aromatic carbocycles. The lowest BCUT2D eigenvalue weighted by atomic mass is 9.86. The van der Waals surface area contributed by atoms with Crippen molar-refractivity contribution in [1.29, 1.82) is 0 Å². The maximum absolute atomic E-state index is 13.7. The molecule has 2 heterocycles. The molecule has 1 fully saturated rings. The second kappa shape index (κ2) is 7.71. The first-order valence-electron chi connectivity index (χ1n) is 10.5. The summed E-state index contributed by atoms with van der Waals surface area (Å²) in [6, 6.07) is 17.9. The van der Waals surface area contributed by atoms with E-state index in [1.165, 1.54) is 5.56 Å². The Labute approximate surface area is 184 Å². The number of carbonyl (C=O) groups excluding carboxylic acids is 1. The van der Waals surface area contributed by atoms with Gasteiger partial charge in [-0.05, 0) is 30.2 Å². The number of likely N-dealkylation sites (tertiary alicyclic amines) is 1. The SMILES string of the molecule is CN1CCC2(CC1)N=C(c1ccccc1)C(=S)N2C(=O)c1ccc(C(C)(C)C)cc1. The number of hydrogen-bond donors (Lipinski definition) is 0. The van der Waals surface area contributed by atoms with E-state index < -0.39 is 5.66 Å². The second-order valence-corrected chi connectivity index (χ2v) is 9.77. The van der Waals surface area contributed by atoms with E-state index in [-0.39, 0.29) is 11.3 Å². The Balaban J connectivity index is 1.72. The normalized spacial score (nSPS) is 19.3. The van der Waals surface area contributed by atoms with Crippen LogP contribution in [0, 0.1) is 0 Å². The first-order chi connectivity index (χ1) is 14.2. The van der Waals surface area contributed by atoms with Gasteiger partial charge in [-0.1, -0.05) is 75.5 Å². The average Bonchev–Trinajstić information content (AvgIpc) is 3.02. The Hall–Kier alpha value is -2.37. The van der Waals surface area contributed by atoms with Crippen molar-refractivity contribution in [3.8, 4) is 0 Å². The molecule has 1 spiro atoms. The van der Waals surface area contributed by atoms with Crippen LogP contribution in [0.15, 0.2) is 59.6 Å². The van der Waals surface area contributed by atoms with Gasteiger partial charge in [-0.2, -0.15) is 0 Å². The highest BCUT2D eigenvalue weighted by molar-refractivity contribution is 7.82. The van der Waals surface area contributed by atoms with E-state index in [1.807, 2.05) is 54.6 Å². The molecule has 0 bridgehead atoms. The minimum atomic E-state index is -0.589. The fourth-order valence-corrected chi connectivity index (χ4v) is 4.64. The van der Waals surface area contributed by atoms with Gasteiger partial charge in [0.25, 0.3) is 5.91 Å².